The van der Waals surface area contributed by atoms with Gasteiger partial charge < -0.3 is 15.0 Å². The summed E-state index contributed by atoms with van der Waals surface area (Å²) in [5.74, 6) is -0.140. The number of H-pyrrole nitrogens is 1. The van der Waals surface area contributed by atoms with Crippen LogP contribution in [-0.4, -0.2) is 51.8 Å². The van der Waals surface area contributed by atoms with E-state index in [0.717, 1.165) is 51.1 Å². The summed E-state index contributed by atoms with van der Waals surface area (Å²) in [6, 6.07) is 7.20. The van der Waals surface area contributed by atoms with Crippen LogP contribution < -0.4 is 15.8 Å². The zero-order valence-electron chi connectivity index (χ0n) is 17.3. The Morgan fingerprint density at radius 1 is 1.23 bits per heavy atom. The van der Waals surface area contributed by atoms with Crippen molar-refractivity contribution in [2.75, 3.05) is 36.5 Å². The molecule has 1 aliphatic heterocycles. The molecule has 0 atom stereocenters. The highest BCUT2D eigenvalue weighted by Gasteiger charge is 2.17. The third kappa shape index (κ3) is 3.79. The van der Waals surface area contributed by atoms with E-state index in [2.05, 4.69) is 20.3 Å². The number of amides is 1. The predicted molar refractivity (Wildman–Crippen MR) is 120 cm³/mol. The SMILES string of the molecule is Cc1nc2cc(=O)[nH]n2c(C)c1CC(=O)Nc1ccc2nc(N3CCOCC3)sc2c1. The molecule has 1 amide bonds. The normalized spacial score (nSPS) is 14.5. The summed E-state index contributed by atoms with van der Waals surface area (Å²) in [7, 11) is 0. The number of nitrogens with zero attached hydrogens (tertiary/aromatic N) is 4. The van der Waals surface area contributed by atoms with Crippen molar-refractivity contribution in [3.63, 3.8) is 0 Å². The molecule has 0 saturated carbocycles. The Morgan fingerprint density at radius 2 is 2.03 bits per heavy atom. The van der Waals surface area contributed by atoms with E-state index in [1.807, 2.05) is 32.0 Å². The fourth-order valence-corrected chi connectivity index (χ4v) is 4.91. The minimum absolute atomic E-state index is 0.140. The van der Waals surface area contributed by atoms with Gasteiger partial charge in [-0.25, -0.2) is 14.5 Å². The zero-order chi connectivity index (χ0) is 21.5. The molecule has 4 aromatic rings. The summed E-state index contributed by atoms with van der Waals surface area (Å²) in [5, 5.41) is 6.67. The zero-order valence-corrected chi connectivity index (χ0v) is 18.1. The lowest BCUT2D eigenvalue weighted by Gasteiger charge is -2.25. The van der Waals surface area contributed by atoms with E-state index >= 15 is 0 Å². The van der Waals surface area contributed by atoms with Crippen molar-refractivity contribution in [1.29, 1.82) is 0 Å². The first-order valence-electron chi connectivity index (χ1n) is 10.1. The van der Waals surface area contributed by atoms with Crippen LogP contribution in [0, 0.1) is 13.8 Å². The maximum Gasteiger partial charge on any atom is 0.266 e. The Balaban J connectivity index is 1.35. The van der Waals surface area contributed by atoms with E-state index in [-0.39, 0.29) is 17.9 Å². The van der Waals surface area contributed by atoms with Gasteiger partial charge in [0, 0.05) is 41.8 Å². The van der Waals surface area contributed by atoms with Crippen LogP contribution in [0.25, 0.3) is 15.9 Å². The molecule has 1 saturated heterocycles. The number of aromatic amines is 1. The molecule has 0 spiro atoms. The summed E-state index contributed by atoms with van der Waals surface area (Å²) in [6.07, 6.45) is 0.167. The van der Waals surface area contributed by atoms with Gasteiger partial charge in [0.2, 0.25) is 5.91 Å². The predicted octanol–water partition coefficient (Wildman–Crippen LogP) is 2.27. The number of hydrogen-bond donors (Lipinski definition) is 2. The molecule has 0 unspecified atom stereocenters. The third-order valence-corrected chi connectivity index (χ3v) is 6.56. The molecule has 3 aromatic heterocycles. The maximum atomic E-state index is 12.8. The molecule has 4 heterocycles. The molecule has 160 valence electrons. The highest BCUT2D eigenvalue weighted by Crippen LogP contribution is 2.31. The molecular formula is C21H22N6O3S. The minimum Gasteiger partial charge on any atom is -0.378 e. The van der Waals surface area contributed by atoms with Gasteiger partial charge in [0.25, 0.3) is 5.56 Å². The molecule has 31 heavy (non-hydrogen) atoms. The second-order valence-electron chi connectivity index (χ2n) is 7.58. The smallest absolute Gasteiger partial charge is 0.266 e. The van der Waals surface area contributed by atoms with Crippen LogP contribution in [0.15, 0.2) is 29.1 Å². The number of thiazole rings is 1. The maximum absolute atomic E-state index is 12.8. The molecule has 1 aromatic carbocycles. The lowest BCUT2D eigenvalue weighted by molar-refractivity contribution is -0.115. The molecule has 1 fully saturated rings. The number of rotatable bonds is 4. The van der Waals surface area contributed by atoms with Gasteiger partial charge in [-0.2, -0.15) is 0 Å². The van der Waals surface area contributed by atoms with Crippen LogP contribution >= 0.6 is 11.3 Å². The van der Waals surface area contributed by atoms with Crippen LogP contribution in [0.3, 0.4) is 0 Å². The molecule has 2 N–H and O–H groups in total. The number of aryl methyl sites for hydroxylation is 2. The summed E-state index contributed by atoms with van der Waals surface area (Å²) in [4.78, 5) is 35.8. The quantitative estimate of drug-likeness (QED) is 0.507. The number of carbonyl (C=O) groups is 1. The van der Waals surface area contributed by atoms with Crippen molar-refractivity contribution in [2.45, 2.75) is 20.3 Å². The lowest BCUT2D eigenvalue weighted by Crippen LogP contribution is -2.36. The highest BCUT2D eigenvalue weighted by molar-refractivity contribution is 7.22. The summed E-state index contributed by atoms with van der Waals surface area (Å²) in [5.41, 5.74) is 4.32. The van der Waals surface area contributed by atoms with Crippen LogP contribution in [0.2, 0.25) is 0 Å². The average molecular weight is 439 g/mol. The van der Waals surface area contributed by atoms with Crippen molar-refractivity contribution in [3.8, 4) is 0 Å². The van der Waals surface area contributed by atoms with Crippen LogP contribution in [0.5, 0.6) is 0 Å². The van der Waals surface area contributed by atoms with Crippen molar-refractivity contribution in [3.05, 3.63) is 51.6 Å². The number of hydrogen-bond acceptors (Lipinski definition) is 7. The van der Waals surface area contributed by atoms with E-state index in [0.29, 0.717) is 18.9 Å². The monoisotopic (exact) mass is 438 g/mol. The molecule has 5 rings (SSSR count). The molecule has 1 aliphatic rings. The van der Waals surface area contributed by atoms with Gasteiger partial charge in [-0.3, -0.25) is 14.7 Å². The summed E-state index contributed by atoms with van der Waals surface area (Å²) < 4.78 is 8.06. The van der Waals surface area contributed by atoms with Gasteiger partial charge in [0.05, 0.1) is 29.9 Å². The standard InChI is InChI=1S/C21H22N6O3S/c1-12-15(13(2)27-18(22-12)11-20(29)25-27)10-19(28)23-14-3-4-16-17(9-14)31-21(24-16)26-5-7-30-8-6-26/h3-4,9,11H,5-8,10H2,1-2H3,(H,23,28)(H,25,29). The summed E-state index contributed by atoms with van der Waals surface area (Å²) >= 11 is 1.62. The van der Waals surface area contributed by atoms with Crippen molar-refractivity contribution < 1.29 is 9.53 Å². The Kier molecular flexibility index (Phi) is 4.95. The van der Waals surface area contributed by atoms with Crippen molar-refractivity contribution in [2.24, 2.45) is 0 Å². The molecule has 0 aliphatic carbocycles. The number of ether oxygens (including phenoxy) is 1. The minimum atomic E-state index is -0.217. The van der Waals surface area contributed by atoms with E-state index < -0.39 is 0 Å². The topological polar surface area (TPSA) is 105 Å². The second kappa shape index (κ2) is 7.78. The highest BCUT2D eigenvalue weighted by atomic mass is 32.1. The van der Waals surface area contributed by atoms with Crippen molar-refractivity contribution in [1.82, 2.24) is 19.6 Å². The van der Waals surface area contributed by atoms with E-state index in [1.165, 1.54) is 6.07 Å². The van der Waals surface area contributed by atoms with Gasteiger partial charge in [-0.15, -0.1) is 0 Å². The van der Waals surface area contributed by atoms with Crippen LogP contribution in [-0.2, 0) is 16.0 Å². The van der Waals surface area contributed by atoms with E-state index in [4.69, 9.17) is 9.72 Å². The Morgan fingerprint density at radius 3 is 2.84 bits per heavy atom. The first-order valence-corrected chi connectivity index (χ1v) is 10.9. The Labute approximate surface area is 181 Å². The summed E-state index contributed by atoms with van der Waals surface area (Å²) in [6.45, 7) is 6.84. The fourth-order valence-electron chi connectivity index (χ4n) is 3.86. The molecule has 10 heteroatoms. The number of carbonyl (C=O) groups excluding carboxylic acids is 1. The average Bonchev–Trinajstić information content (AvgIpc) is 3.34. The second-order valence-corrected chi connectivity index (χ2v) is 8.59. The molecular weight excluding hydrogens is 416 g/mol. The largest absolute Gasteiger partial charge is 0.378 e. The van der Waals surface area contributed by atoms with Crippen LogP contribution in [0.1, 0.15) is 17.0 Å². The third-order valence-electron chi connectivity index (χ3n) is 5.48. The van der Waals surface area contributed by atoms with E-state index in [9.17, 15) is 9.59 Å². The number of anilines is 2. The molecule has 0 bridgehead atoms. The van der Waals surface area contributed by atoms with Gasteiger partial charge in [0.15, 0.2) is 10.8 Å². The molecule has 9 nitrogen and oxygen atoms in total. The van der Waals surface area contributed by atoms with Gasteiger partial charge in [-0.1, -0.05) is 11.3 Å². The van der Waals surface area contributed by atoms with Gasteiger partial charge in [0.1, 0.15) is 0 Å². The number of fused-ring (bicyclic) bond motifs is 2. The van der Waals surface area contributed by atoms with Gasteiger partial charge in [-0.05, 0) is 32.0 Å². The number of nitrogens with one attached hydrogen (secondary N) is 2. The number of morpholine rings is 1. The van der Waals surface area contributed by atoms with Crippen LogP contribution in [0.4, 0.5) is 10.8 Å². The Bertz CT molecular complexity index is 1350. The fraction of sp³-hybridized carbons (Fsp3) is 0.333. The first kappa shape index (κ1) is 19.7. The van der Waals surface area contributed by atoms with Gasteiger partial charge >= 0.3 is 0 Å². The number of aromatic nitrogens is 4. The first-order chi connectivity index (χ1) is 15.0. The number of benzene rings is 1. The lowest BCUT2D eigenvalue weighted by atomic mass is 10.1. The Hall–Kier alpha value is -3.24. The molecule has 0 radical (unpaired) electrons. The van der Waals surface area contributed by atoms with E-state index in [1.54, 1.807) is 15.9 Å². The van der Waals surface area contributed by atoms with Crippen molar-refractivity contribution >= 4 is 43.9 Å².